The first-order valence-corrected chi connectivity index (χ1v) is 10.3. The maximum Gasteiger partial charge on any atom is 0.336 e. The molecule has 0 atom stereocenters. The molecule has 0 unspecified atom stereocenters. The largest absolute Gasteiger partial charge is 0.493 e. The van der Waals surface area contributed by atoms with Gasteiger partial charge in [-0.2, -0.15) is 0 Å². The summed E-state index contributed by atoms with van der Waals surface area (Å²) >= 11 is 6.24. The highest BCUT2D eigenvalue weighted by molar-refractivity contribution is 6.30. The lowest BCUT2D eigenvalue weighted by molar-refractivity contribution is 0.0593. The lowest BCUT2D eigenvalue weighted by atomic mass is 9.97. The molecule has 2 heterocycles. The molecule has 2 aromatic carbocycles. The Morgan fingerprint density at radius 2 is 2.03 bits per heavy atom. The predicted octanol–water partition coefficient (Wildman–Crippen LogP) is 5.24. The second-order valence-electron chi connectivity index (χ2n) is 7.43. The molecule has 4 rings (SSSR count). The minimum Gasteiger partial charge on any atom is -0.493 e. The third-order valence-electron chi connectivity index (χ3n) is 5.53. The van der Waals surface area contributed by atoms with Gasteiger partial charge in [-0.1, -0.05) is 17.7 Å². The monoisotopic (exact) mass is 413 g/mol. The Kier molecular flexibility index (Phi) is 6.07. The fourth-order valence-corrected chi connectivity index (χ4v) is 4.11. The summed E-state index contributed by atoms with van der Waals surface area (Å²) in [6.07, 6.45) is 5.11. The summed E-state index contributed by atoms with van der Waals surface area (Å²) in [6, 6.07) is 12.8. The van der Waals surface area contributed by atoms with Crippen LogP contribution in [0.5, 0.6) is 5.75 Å². The highest BCUT2D eigenvalue weighted by Gasteiger charge is 2.15. The van der Waals surface area contributed by atoms with E-state index in [-0.39, 0.29) is 0 Å². The minimum atomic E-state index is -0.923. The molecular formula is C23H24ClNO4. The van der Waals surface area contributed by atoms with Crippen LogP contribution in [0, 0.1) is 5.92 Å². The first kappa shape index (κ1) is 19.8. The van der Waals surface area contributed by atoms with E-state index in [4.69, 9.17) is 21.1 Å². The van der Waals surface area contributed by atoms with Crippen molar-refractivity contribution >= 4 is 28.5 Å². The number of carboxylic acids is 1. The van der Waals surface area contributed by atoms with E-state index in [1.807, 2.05) is 41.1 Å². The smallest absolute Gasteiger partial charge is 0.336 e. The van der Waals surface area contributed by atoms with Gasteiger partial charge in [-0.05, 0) is 61.6 Å². The Morgan fingerprint density at radius 3 is 2.83 bits per heavy atom. The number of aromatic carboxylic acids is 1. The lowest BCUT2D eigenvalue weighted by Crippen LogP contribution is -2.18. The van der Waals surface area contributed by atoms with Crippen LogP contribution >= 0.6 is 11.6 Å². The Hall–Kier alpha value is -2.50. The topological polar surface area (TPSA) is 60.7 Å². The number of hydrogen-bond donors (Lipinski definition) is 1. The van der Waals surface area contributed by atoms with Crippen molar-refractivity contribution in [3.05, 3.63) is 64.8 Å². The van der Waals surface area contributed by atoms with Crippen molar-refractivity contribution in [2.75, 3.05) is 19.8 Å². The van der Waals surface area contributed by atoms with Gasteiger partial charge in [0, 0.05) is 40.9 Å². The number of benzene rings is 2. The molecule has 1 fully saturated rings. The van der Waals surface area contributed by atoms with Crippen molar-refractivity contribution in [2.45, 2.75) is 25.8 Å². The minimum absolute atomic E-state index is 0.306. The first-order chi connectivity index (χ1) is 14.1. The Bertz CT molecular complexity index is 1010. The molecule has 0 amide bonds. The number of aromatic nitrogens is 1. The zero-order valence-corrected chi connectivity index (χ0v) is 16.9. The number of nitrogens with zero attached hydrogens (tertiary/aromatic N) is 1. The predicted molar refractivity (Wildman–Crippen MR) is 113 cm³/mol. The quantitative estimate of drug-likeness (QED) is 0.575. The average molecular weight is 414 g/mol. The fourth-order valence-electron chi connectivity index (χ4n) is 3.91. The summed E-state index contributed by atoms with van der Waals surface area (Å²) in [5, 5.41) is 10.8. The van der Waals surface area contributed by atoms with Gasteiger partial charge in [0.25, 0.3) is 0 Å². The van der Waals surface area contributed by atoms with Gasteiger partial charge in [-0.3, -0.25) is 0 Å². The number of ether oxygens (including phenoxy) is 2. The standard InChI is InChI=1S/C23H24ClNO4/c24-18-4-5-22(29-13-9-16-7-11-28-12-8-16)17(14-18)15-25-10-6-19-20(23(26)27)2-1-3-21(19)25/h1-6,10,14,16H,7-9,11-13,15H2,(H,26,27). The van der Waals surface area contributed by atoms with Crippen LogP contribution in [0.2, 0.25) is 5.02 Å². The Balaban J connectivity index is 1.52. The Morgan fingerprint density at radius 1 is 1.21 bits per heavy atom. The van der Waals surface area contributed by atoms with Gasteiger partial charge in [0.2, 0.25) is 0 Å². The maximum absolute atomic E-state index is 11.5. The third-order valence-corrected chi connectivity index (χ3v) is 5.77. The van der Waals surface area contributed by atoms with E-state index in [1.54, 1.807) is 12.1 Å². The van der Waals surface area contributed by atoms with Crippen LogP contribution in [0.25, 0.3) is 10.9 Å². The molecule has 1 aliphatic rings. The molecule has 0 radical (unpaired) electrons. The van der Waals surface area contributed by atoms with Crippen molar-refractivity contribution in [3.8, 4) is 5.75 Å². The van der Waals surface area contributed by atoms with Gasteiger partial charge < -0.3 is 19.1 Å². The van der Waals surface area contributed by atoms with Crippen LogP contribution < -0.4 is 4.74 Å². The van der Waals surface area contributed by atoms with Gasteiger partial charge in [0.05, 0.1) is 18.7 Å². The average Bonchev–Trinajstić information content (AvgIpc) is 3.13. The maximum atomic E-state index is 11.5. The van der Waals surface area contributed by atoms with E-state index in [0.29, 0.717) is 29.7 Å². The third kappa shape index (κ3) is 4.57. The lowest BCUT2D eigenvalue weighted by Gasteiger charge is -2.22. The van der Waals surface area contributed by atoms with Gasteiger partial charge in [-0.25, -0.2) is 4.79 Å². The molecule has 3 aromatic rings. The van der Waals surface area contributed by atoms with Crippen LogP contribution in [-0.4, -0.2) is 35.5 Å². The Labute approximate surface area is 174 Å². The summed E-state index contributed by atoms with van der Waals surface area (Å²) in [6.45, 7) is 2.90. The van der Waals surface area contributed by atoms with Crippen LogP contribution in [-0.2, 0) is 11.3 Å². The molecule has 6 heteroatoms. The number of carboxylic acid groups (broad SMARTS) is 1. The molecule has 0 bridgehead atoms. The number of fused-ring (bicyclic) bond motifs is 1. The van der Waals surface area contributed by atoms with Crippen LogP contribution in [0.4, 0.5) is 0 Å². The summed E-state index contributed by atoms with van der Waals surface area (Å²) in [4.78, 5) is 11.5. The van der Waals surface area contributed by atoms with Crippen molar-refractivity contribution in [3.63, 3.8) is 0 Å². The van der Waals surface area contributed by atoms with E-state index < -0.39 is 5.97 Å². The van der Waals surface area contributed by atoms with Crippen molar-refractivity contribution in [2.24, 2.45) is 5.92 Å². The summed E-state index contributed by atoms with van der Waals surface area (Å²) in [5.41, 5.74) is 2.15. The molecule has 1 N–H and O–H groups in total. The zero-order chi connectivity index (χ0) is 20.2. The van der Waals surface area contributed by atoms with Crippen LogP contribution in [0.3, 0.4) is 0 Å². The molecule has 29 heavy (non-hydrogen) atoms. The summed E-state index contributed by atoms with van der Waals surface area (Å²) < 4.78 is 13.6. The van der Waals surface area contributed by atoms with Gasteiger partial charge in [-0.15, -0.1) is 0 Å². The second kappa shape index (κ2) is 8.89. The number of halogens is 1. The molecule has 152 valence electrons. The van der Waals surface area contributed by atoms with Crippen LogP contribution in [0.15, 0.2) is 48.7 Å². The van der Waals surface area contributed by atoms with Crippen LogP contribution in [0.1, 0.15) is 35.2 Å². The SMILES string of the molecule is O=C(O)c1cccc2c1ccn2Cc1cc(Cl)ccc1OCCC1CCOCC1. The summed E-state index contributed by atoms with van der Waals surface area (Å²) in [5.74, 6) is 0.549. The van der Waals surface area contributed by atoms with E-state index in [1.165, 1.54) is 0 Å². The van der Waals surface area contributed by atoms with E-state index in [0.717, 1.165) is 54.7 Å². The first-order valence-electron chi connectivity index (χ1n) is 9.92. The van der Waals surface area contributed by atoms with Crippen molar-refractivity contribution < 1.29 is 19.4 Å². The number of hydrogen-bond acceptors (Lipinski definition) is 3. The molecule has 0 aliphatic carbocycles. The van der Waals surface area contributed by atoms with Gasteiger partial charge in [0.15, 0.2) is 0 Å². The van der Waals surface area contributed by atoms with E-state index in [9.17, 15) is 9.90 Å². The number of rotatable bonds is 7. The molecule has 5 nitrogen and oxygen atoms in total. The fraction of sp³-hybridized carbons (Fsp3) is 0.348. The van der Waals surface area contributed by atoms with E-state index >= 15 is 0 Å². The highest BCUT2D eigenvalue weighted by Crippen LogP contribution is 2.28. The van der Waals surface area contributed by atoms with Crippen molar-refractivity contribution in [1.82, 2.24) is 4.57 Å². The summed E-state index contributed by atoms with van der Waals surface area (Å²) in [7, 11) is 0. The van der Waals surface area contributed by atoms with Crippen molar-refractivity contribution in [1.29, 1.82) is 0 Å². The molecule has 1 aliphatic heterocycles. The molecule has 0 saturated carbocycles. The molecule has 1 aromatic heterocycles. The van der Waals surface area contributed by atoms with Gasteiger partial charge >= 0.3 is 5.97 Å². The highest BCUT2D eigenvalue weighted by atomic mass is 35.5. The molecular weight excluding hydrogens is 390 g/mol. The number of carbonyl (C=O) groups is 1. The van der Waals surface area contributed by atoms with E-state index in [2.05, 4.69) is 0 Å². The second-order valence-corrected chi connectivity index (χ2v) is 7.87. The zero-order valence-electron chi connectivity index (χ0n) is 16.1. The molecule has 1 saturated heterocycles. The normalized spacial score (nSPS) is 14.9. The molecule has 0 spiro atoms. The van der Waals surface area contributed by atoms with Gasteiger partial charge in [0.1, 0.15) is 5.75 Å².